The number of nitrogens with zero attached hydrogens (tertiary/aromatic N) is 2. The van der Waals surface area contributed by atoms with Gasteiger partial charge in [-0.05, 0) is 30.5 Å². The molecule has 2 rings (SSSR count). The Morgan fingerprint density at radius 1 is 1.24 bits per heavy atom. The van der Waals surface area contributed by atoms with Gasteiger partial charge in [-0.3, -0.25) is 4.79 Å². The zero-order valence-corrected chi connectivity index (χ0v) is 14.9. The zero-order valence-electron chi connectivity index (χ0n) is 14.9. The Balaban J connectivity index is 1.90. The molecule has 1 aromatic carbocycles. The molecule has 1 saturated heterocycles. The molecule has 25 heavy (non-hydrogen) atoms. The number of carboxylic acid groups (broad SMARTS) is 1. The highest BCUT2D eigenvalue weighted by atomic mass is 16.4. The first-order valence-corrected chi connectivity index (χ1v) is 8.45. The van der Waals surface area contributed by atoms with E-state index in [4.69, 9.17) is 5.11 Å². The Kier molecular flexibility index (Phi) is 6.01. The first-order chi connectivity index (χ1) is 11.8. The Bertz CT molecular complexity index is 642. The molecule has 0 aromatic heterocycles. The third-order valence-corrected chi connectivity index (χ3v) is 4.24. The summed E-state index contributed by atoms with van der Waals surface area (Å²) in [7, 11) is 0. The third-order valence-electron chi connectivity index (χ3n) is 4.24. The summed E-state index contributed by atoms with van der Waals surface area (Å²) in [5.74, 6) is -0.617. The minimum absolute atomic E-state index is 0.0269. The van der Waals surface area contributed by atoms with Gasteiger partial charge in [-0.15, -0.1) is 0 Å². The number of benzene rings is 1. The summed E-state index contributed by atoms with van der Waals surface area (Å²) >= 11 is 0. The van der Waals surface area contributed by atoms with Crippen LogP contribution in [0.3, 0.4) is 0 Å². The summed E-state index contributed by atoms with van der Waals surface area (Å²) in [4.78, 5) is 39.0. The van der Waals surface area contributed by atoms with Gasteiger partial charge in [0.05, 0.1) is 5.56 Å². The molecule has 7 nitrogen and oxygen atoms in total. The molecule has 0 spiro atoms. The molecule has 136 valence electrons. The van der Waals surface area contributed by atoms with Gasteiger partial charge >= 0.3 is 12.0 Å². The highest BCUT2D eigenvalue weighted by Crippen LogP contribution is 2.13. The maximum Gasteiger partial charge on any atom is 0.335 e. The lowest BCUT2D eigenvalue weighted by Gasteiger charge is -2.39. The van der Waals surface area contributed by atoms with E-state index in [1.54, 1.807) is 24.0 Å². The largest absolute Gasteiger partial charge is 0.478 e. The second-order valence-electron chi connectivity index (χ2n) is 6.71. The van der Waals surface area contributed by atoms with Crippen LogP contribution in [0.2, 0.25) is 0 Å². The fourth-order valence-corrected chi connectivity index (χ4v) is 2.87. The van der Waals surface area contributed by atoms with Crippen molar-refractivity contribution >= 4 is 17.9 Å². The average molecular weight is 347 g/mol. The fourth-order valence-electron chi connectivity index (χ4n) is 2.87. The van der Waals surface area contributed by atoms with Crippen molar-refractivity contribution in [2.24, 2.45) is 5.92 Å². The normalized spacial score (nSPS) is 17.8. The topological polar surface area (TPSA) is 89.9 Å². The Labute approximate surface area is 147 Å². The zero-order chi connectivity index (χ0) is 18.6. The average Bonchev–Trinajstić information content (AvgIpc) is 2.57. The number of hydrogen-bond donors (Lipinski definition) is 2. The number of hydrogen-bond acceptors (Lipinski definition) is 3. The molecule has 0 aliphatic carbocycles. The van der Waals surface area contributed by atoms with E-state index in [1.807, 2.05) is 4.90 Å². The standard InChI is InChI=1S/C18H25N3O4/c1-12(2)11-20-8-9-21(13(3)16(20)22)18(25)19-10-14-4-6-15(7-5-14)17(23)24/h4-7,12-13H,8-11H2,1-3H3,(H,19,25)(H,23,24). The number of carboxylic acids is 1. The summed E-state index contributed by atoms with van der Waals surface area (Å²) in [5.41, 5.74) is 1.01. The van der Waals surface area contributed by atoms with E-state index in [1.165, 1.54) is 12.1 Å². The van der Waals surface area contributed by atoms with Gasteiger partial charge < -0.3 is 20.2 Å². The van der Waals surface area contributed by atoms with Crippen LogP contribution in [0.15, 0.2) is 24.3 Å². The number of carbonyl (C=O) groups excluding carboxylic acids is 2. The van der Waals surface area contributed by atoms with E-state index < -0.39 is 12.0 Å². The second-order valence-corrected chi connectivity index (χ2v) is 6.71. The molecule has 1 heterocycles. The van der Waals surface area contributed by atoms with Crippen LogP contribution in [-0.4, -0.2) is 58.5 Å². The third kappa shape index (κ3) is 4.71. The van der Waals surface area contributed by atoms with E-state index >= 15 is 0 Å². The number of nitrogens with one attached hydrogen (secondary N) is 1. The number of urea groups is 1. The molecule has 0 bridgehead atoms. The molecule has 1 aliphatic heterocycles. The van der Waals surface area contributed by atoms with E-state index in [0.29, 0.717) is 25.6 Å². The lowest BCUT2D eigenvalue weighted by atomic mass is 10.1. The SMILES string of the molecule is CC(C)CN1CCN(C(=O)NCc2ccc(C(=O)O)cc2)C(C)C1=O. The predicted octanol–water partition coefficient (Wildman–Crippen LogP) is 1.78. The highest BCUT2D eigenvalue weighted by Gasteiger charge is 2.34. The number of piperazine rings is 1. The van der Waals surface area contributed by atoms with Crippen molar-refractivity contribution in [2.45, 2.75) is 33.4 Å². The van der Waals surface area contributed by atoms with Crippen LogP contribution in [0.5, 0.6) is 0 Å². The molecule has 7 heteroatoms. The first-order valence-electron chi connectivity index (χ1n) is 8.45. The Morgan fingerprint density at radius 2 is 1.88 bits per heavy atom. The van der Waals surface area contributed by atoms with Crippen LogP contribution in [0, 0.1) is 5.92 Å². The fraction of sp³-hybridized carbons (Fsp3) is 0.500. The van der Waals surface area contributed by atoms with Crippen LogP contribution in [0.25, 0.3) is 0 Å². The summed E-state index contributed by atoms with van der Waals surface area (Å²) in [6.45, 7) is 7.90. The van der Waals surface area contributed by atoms with Crippen molar-refractivity contribution in [2.75, 3.05) is 19.6 Å². The van der Waals surface area contributed by atoms with Crippen molar-refractivity contribution in [3.8, 4) is 0 Å². The van der Waals surface area contributed by atoms with Crippen LogP contribution >= 0.6 is 0 Å². The van der Waals surface area contributed by atoms with Crippen LogP contribution in [-0.2, 0) is 11.3 Å². The maximum atomic E-state index is 12.4. The van der Waals surface area contributed by atoms with Gasteiger partial charge in [0.1, 0.15) is 6.04 Å². The van der Waals surface area contributed by atoms with Gasteiger partial charge in [-0.1, -0.05) is 26.0 Å². The summed E-state index contributed by atoms with van der Waals surface area (Å²) in [6, 6.07) is 5.56. The van der Waals surface area contributed by atoms with Gasteiger partial charge in [0, 0.05) is 26.2 Å². The Hall–Kier alpha value is -2.57. The minimum atomic E-state index is -0.984. The number of rotatable bonds is 5. The van der Waals surface area contributed by atoms with Gasteiger partial charge in [0.25, 0.3) is 0 Å². The van der Waals surface area contributed by atoms with Crippen molar-refractivity contribution in [1.29, 1.82) is 0 Å². The summed E-state index contributed by atoms with van der Waals surface area (Å²) < 4.78 is 0. The molecule has 1 aromatic rings. The van der Waals surface area contributed by atoms with Gasteiger partial charge in [0.2, 0.25) is 5.91 Å². The van der Waals surface area contributed by atoms with Crippen molar-refractivity contribution in [3.63, 3.8) is 0 Å². The smallest absolute Gasteiger partial charge is 0.335 e. The van der Waals surface area contributed by atoms with Crippen LogP contribution in [0.4, 0.5) is 4.79 Å². The minimum Gasteiger partial charge on any atom is -0.478 e. The lowest BCUT2D eigenvalue weighted by molar-refractivity contribution is -0.139. The predicted molar refractivity (Wildman–Crippen MR) is 93.2 cm³/mol. The van der Waals surface area contributed by atoms with E-state index in [9.17, 15) is 14.4 Å². The molecule has 3 amide bonds. The van der Waals surface area contributed by atoms with Gasteiger partial charge in [-0.25, -0.2) is 9.59 Å². The van der Waals surface area contributed by atoms with Crippen LogP contribution < -0.4 is 5.32 Å². The second kappa shape index (κ2) is 8.00. The number of aromatic carboxylic acids is 1. The van der Waals surface area contributed by atoms with E-state index in [2.05, 4.69) is 19.2 Å². The molecule has 0 saturated carbocycles. The Morgan fingerprint density at radius 3 is 2.44 bits per heavy atom. The molecule has 1 fully saturated rings. The number of amides is 3. The highest BCUT2D eigenvalue weighted by molar-refractivity contribution is 5.88. The van der Waals surface area contributed by atoms with Gasteiger partial charge in [0.15, 0.2) is 0 Å². The molecular formula is C18H25N3O4. The van der Waals surface area contributed by atoms with E-state index in [-0.39, 0.29) is 24.0 Å². The molecule has 1 aliphatic rings. The molecule has 0 radical (unpaired) electrons. The van der Waals surface area contributed by atoms with E-state index in [0.717, 1.165) is 5.56 Å². The monoisotopic (exact) mass is 347 g/mol. The van der Waals surface area contributed by atoms with Gasteiger partial charge in [-0.2, -0.15) is 0 Å². The molecular weight excluding hydrogens is 322 g/mol. The summed E-state index contributed by atoms with van der Waals surface area (Å²) in [5, 5.41) is 11.7. The molecule has 1 unspecified atom stereocenters. The molecule has 1 atom stereocenters. The first kappa shape index (κ1) is 18.8. The quantitative estimate of drug-likeness (QED) is 0.850. The van der Waals surface area contributed by atoms with Crippen LogP contribution in [0.1, 0.15) is 36.7 Å². The molecule has 2 N–H and O–H groups in total. The summed E-state index contributed by atoms with van der Waals surface area (Å²) in [6.07, 6.45) is 0. The van der Waals surface area contributed by atoms with Crippen molar-refractivity contribution in [1.82, 2.24) is 15.1 Å². The lowest BCUT2D eigenvalue weighted by Crippen LogP contribution is -2.59. The van der Waals surface area contributed by atoms with Crippen molar-refractivity contribution < 1.29 is 19.5 Å². The number of carbonyl (C=O) groups is 3. The maximum absolute atomic E-state index is 12.4. The van der Waals surface area contributed by atoms with Crippen molar-refractivity contribution in [3.05, 3.63) is 35.4 Å².